The smallest absolute Gasteiger partial charge is 0.254 e. The summed E-state index contributed by atoms with van der Waals surface area (Å²) in [6.45, 7) is 5.11. The average molecular weight is 310 g/mol. The highest BCUT2D eigenvalue weighted by Crippen LogP contribution is 2.22. The number of rotatable bonds is 2. The van der Waals surface area contributed by atoms with E-state index >= 15 is 0 Å². The topological polar surface area (TPSA) is 52.7 Å². The Kier molecular flexibility index (Phi) is 4.85. The summed E-state index contributed by atoms with van der Waals surface area (Å²) in [7, 11) is 0. The van der Waals surface area contributed by atoms with E-state index in [1.54, 1.807) is 4.90 Å². The van der Waals surface area contributed by atoms with E-state index in [4.69, 9.17) is 0 Å². The maximum absolute atomic E-state index is 12.4. The number of benzene rings is 1. The Morgan fingerprint density at radius 1 is 1.38 bits per heavy atom. The number of carbonyl (C=O) groups is 2. The van der Waals surface area contributed by atoms with E-state index in [9.17, 15) is 9.59 Å². The van der Waals surface area contributed by atoms with Crippen LogP contribution in [0.15, 0.2) is 24.3 Å². The molecule has 0 aliphatic carbocycles. The number of hydrogen-bond acceptors (Lipinski definition) is 3. The first-order valence-electron chi connectivity index (χ1n) is 7.04. The molecular weight excluding hydrogens is 290 g/mol. The SMILES string of the molecule is C[C@H]1CNCCN1C(=O)CN1Cc2ccccc2C1=O.Cl. The molecule has 0 bridgehead atoms. The molecule has 2 aliphatic rings. The molecule has 0 spiro atoms. The van der Waals surface area contributed by atoms with E-state index in [0.29, 0.717) is 6.54 Å². The number of fused-ring (bicyclic) bond motifs is 1. The molecule has 1 N–H and O–H groups in total. The van der Waals surface area contributed by atoms with Gasteiger partial charge in [0.15, 0.2) is 0 Å². The van der Waals surface area contributed by atoms with Gasteiger partial charge < -0.3 is 15.1 Å². The van der Waals surface area contributed by atoms with Crippen molar-refractivity contribution in [2.24, 2.45) is 0 Å². The van der Waals surface area contributed by atoms with Crippen molar-refractivity contribution in [2.75, 3.05) is 26.2 Å². The minimum absolute atomic E-state index is 0. The second kappa shape index (κ2) is 6.45. The number of piperazine rings is 1. The van der Waals surface area contributed by atoms with Gasteiger partial charge in [-0.05, 0) is 18.6 Å². The summed E-state index contributed by atoms with van der Waals surface area (Å²) in [6.07, 6.45) is 0. The Morgan fingerprint density at radius 2 is 2.14 bits per heavy atom. The van der Waals surface area contributed by atoms with Crippen molar-refractivity contribution >= 4 is 24.2 Å². The van der Waals surface area contributed by atoms with Crippen molar-refractivity contribution in [2.45, 2.75) is 19.5 Å². The minimum atomic E-state index is -0.0308. The van der Waals surface area contributed by atoms with Crippen molar-refractivity contribution in [3.05, 3.63) is 35.4 Å². The average Bonchev–Trinajstić information content (AvgIpc) is 2.76. The van der Waals surface area contributed by atoms with Gasteiger partial charge in [0.1, 0.15) is 6.54 Å². The van der Waals surface area contributed by atoms with Crippen LogP contribution in [0.3, 0.4) is 0 Å². The largest absolute Gasteiger partial charge is 0.336 e. The summed E-state index contributed by atoms with van der Waals surface area (Å²) in [6, 6.07) is 7.76. The molecule has 1 saturated heterocycles. The summed E-state index contributed by atoms with van der Waals surface area (Å²) in [5.74, 6) is 0.0110. The molecule has 3 rings (SSSR count). The van der Waals surface area contributed by atoms with E-state index in [1.807, 2.05) is 36.1 Å². The van der Waals surface area contributed by atoms with Crippen LogP contribution in [0.1, 0.15) is 22.8 Å². The summed E-state index contributed by atoms with van der Waals surface area (Å²) in [5.41, 5.74) is 1.74. The fraction of sp³-hybridized carbons (Fsp3) is 0.467. The first-order valence-corrected chi connectivity index (χ1v) is 7.04. The van der Waals surface area contributed by atoms with Crippen molar-refractivity contribution < 1.29 is 9.59 Å². The van der Waals surface area contributed by atoms with Crippen LogP contribution < -0.4 is 5.32 Å². The first kappa shape index (κ1) is 15.8. The van der Waals surface area contributed by atoms with E-state index < -0.39 is 0 Å². The normalized spacial score (nSPS) is 21.0. The monoisotopic (exact) mass is 309 g/mol. The molecule has 1 aromatic carbocycles. The lowest BCUT2D eigenvalue weighted by Crippen LogP contribution is -2.54. The molecule has 0 aromatic heterocycles. The number of halogens is 1. The lowest BCUT2D eigenvalue weighted by molar-refractivity contribution is -0.134. The summed E-state index contributed by atoms with van der Waals surface area (Å²) in [5, 5.41) is 3.26. The summed E-state index contributed by atoms with van der Waals surface area (Å²) < 4.78 is 0. The standard InChI is InChI=1S/C15H19N3O2.ClH/c1-11-8-16-6-7-18(11)14(19)10-17-9-12-4-2-3-5-13(12)15(17)20;/h2-5,11,16H,6-10H2,1H3;1H/t11-;/m0./s1. The molecule has 2 heterocycles. The van der Waals surface area contributed by atoms with Crippen LogP contribution in [0.5, 0.6) is 0 Å². The molecule has 0 saturated carbocycles. The number of nitrogens with one attached hydrogen (secondary N) is 1. The fourth-order valence-corrected chi connectivity index (χ4v) is 2.91. The van der Waals surface area contributed by atoms with Crippen LogP contribution in [0, 0.1) is 0 Å². The van der Waals surface area contributed by atoms with Gasteiger partial charge in [0.05, 0.1) is 0 Å². The minimum Gasteiger partial charge on any atom is -0.336 e. The van der Waals surface area contributed by atoms with Crippen molar-refractivity contribution in [3.8, 4) is 0 Å². The summed E-state index contributed by atoms with van der Waals surface area (Å²) in [4.78, 5) is 28.1. The second-order valence-electron chi connectivity index (χ2n) is 5.46. The van der Waals surface area contributed by atoms with Gasteiger partial charge >= 0.3 is 0 Å². The van der Waals surface area contributed by atoms with E-state index in [0.717, 1.165) is 30.8 Å². The van der Waals surface area contributed by atoms with Crippen LogP contribution >= 0.6 is 12.4 Å². The highest BCUT2D eigenvalue weighted by molar-refractivity contribution is 6.00. The van der Waals surface area contributed by atoms with Gasteiger partial charge in [0.2, 0.25) is 5.91 Å². The highest BCUT2D eigenvalue weighted by Gasteiger charge is 2.31. The van der Waals surface area contributed by atoms with Gasteiger partial charge in [-0.25, -0.2) is 0 Å². The first-order chi connectivity index (χ1) is 9.66. The Bertz CT molecular complexity index is 549. The fourth-order valence-electron chi connectivity index (χ4n) is 2.91. The second-order valence-corrected chi connectivity index (χ2v) is 5.46. The molecule has 1 aromatic rings. The van der Waals surface area contributed by atoms with Crippen LogP contribution in [-0.4, -0.2) is 53.8 Å². The number of carbonyl (C=O) groups excluding carboxylic acids is 2. The van der Waals surface area contributed by atoms with Gasteiger partial charge in [-0.2, -0.15) is 0 Å². The molecule has 0 radical (unpaired) electrons. The zero-order chi connectivity index (χ0) is 14.1. The molecule has 114 valence electrons. The van der Waals surface area contributed by atoms with Crippen molar-refractivity contribution in [1.82, 2.24) is 15.1 Å². The number of amides is 2. The lowest BCUT2D eigenvalue weighted by Gasteiger charge is -2.35. The Balaban J connectivity index is 0.00000161. The molecule has 6 heteroatoms. The molecule has 2 amide bonds. The van der Waals surface area contributed by atoms with Gasteiger partial charge in [-0.3, -0.25) is 9.59 Å². The van der Waals surface area contributed by atoms with Gasteiger partial charge in [-0.1, -0.05) is 18.2 Å². The van der Waals surface area contributed by atoms with Gasteiger partial charge in [-0.15, -0.1) is 12.4 Å². The zero-order valence-corrected chi connectivity index (χ0v) is 12.9. The molecule has 0 unspecified atom stereocenters. The maximum atomic E-state index is 12.4. The molecule has 1 fully saturated rings. The third-order valence-corrected chi connectivity index (χ3v) is 4.04. The number of hydrogen-bond donors (Lipinski definition) is 1. The third kappa shape index (κ3) is 3.04. The van der Waals surface area contributed by atoms with Crippen molar-refractivity contribution in [1.29, 1.82) is 0 Å². The molecule has 1 atom stereocenters. The lowest BCUT2D eigenvalue weighted by atomic mass is 10.1. The van der Waals surface area contributed by atoms with Crippen LogP contribution in [0.25, 0.3) is 0 Å². The van der Waals surface area contributed by atoms with Crippen LogP contribution in [-0.2, 0) is 11.3 Å². The number of nitrogens with zero attached hydrogens (tertiary/aromatic N) is 2. The van der Waals surface area contributed by atoms with Crippen LogP contribution in [0.4, 0.5) is 0 Å². The quantitative estimate of drug-likeness (QED) is 0.882. The predicted molar refractivity (Wildman–Crippen MR) is 82.5 cm³/mol. The third-order valence-electron chi connectivity index (χ3n) is 4.04. The Labute approximate surface area is 130 Å². The summed E-state index contributed by atoms with van der Waals surface area (Å²) >= 11 is 0. The van der Waals surface area contributed by atoms with Gasteiger partial charge in [0, 0.05) is 37.8 Å². The van der Waals surface area contributed by atoms with E-state index in [1.165, 1.54) is 0 Å². The predicted octanol–water partition coefficient (Wildman–Crippen LogP) is 0.885. The molecular formula is C15H20ClN3O2. The van der Waals surface area contributed by atoms with Crippen molar-refractivity contribution in [3.63, 3.8) is 0 Å². The highest BCUT2D eigenvalue weighted by atomic mass is 35.5. The maximum Gasteiger partial charge on any atom is 0.254 e. The van der Waals surface area contributed by atoms with E-state index in [-0.39, 0.29) is 36.8 Å². The van der Waals surface area contributed by atoms with Gasteiger partial charge in [0.25, 0.3) is 5.91 Å². The van der Waals surface area contributed by atoms with E-state index in [2.05, 4.69) is 5.32 Å². The zero-order valence-electron chi connectivity index (χ0n) is 12.0. The molecule has 21 heavy (non-hydrogen) atoms. The Morgan fingerprint density at radius 3 is 2.86 bits per heavy atom. The Hall–Kier alpha value is -1.59. The van der Waals surface area contributed by atoms with Crippen LogP contribution in [0.2, 0.25) is 0 Å². The molecule has 5 nitrogen and oxygen atoms in total. The molecule has 2 aliphatic heterocycles.